The molecule has 2 amide bonds. The van der Waals surface area contributed by atoms with Gasteiger partial charge in [0.1, 0.15) is 5.54 Å². The van der Waals surface area contributed by atoms with Crippen molar-refractivity contribution in [1.29, 1.82) is 0 Å². The van der Waals surface area contributed by atoms with E-state index < -0.39 is 36.1 Å². The molecule has 1 saturated heterocycles. The van der Waals surface area contributed by atoms with Crippen molar-refractivity contribution < 1.29 is 18.4 Å². The lowest BCUT2D eigenvalue weighted by molar-refractivity contribution is -0.170. The monoisotopic (exact) mass is 190 g/mol. The van der Waals surface area contributed by atoms with E-state index in [9.17, 15) is 18.4 Å². The van der Waals surface area contributed by atoms with Gasteiger partial charge >= 0.3 is 0 Å². The maximum absolute atomic E-state index is 12.5. The second kappa shape index (κ2) is 2.18. The molecule has 0 aromatic carbocycles. The summed E-state index contributed by atoms with van der Waals surface area (Å²) >= 11 is 0. The molecule has 0 aromatic rings. The van der Waals surface area contributed by atoms with Gasteiger partial charge in [0.2, 0.25) is 11.8 Å². The van der Waals surface area contributed by atoms with Crippen molar-refractivity contribution in [2.75, 3.05) is 6.54 Å². The molecular weight excluding hydrogens is 182 g/mol. The Balaban J connectivity index is 2.14. The SMILES string of the molecule is O=C1CNC(=O)C2(CC(F)(F)C2)N1. The third kappa shape index (κ3) is 1.16. The molecule has 2 N–H and O–H groups in total. The molecule has 1 saturated carbocycles. The first-order valence-electron chi connectivity index (χ1n) is 3.91. The Morgan fingerprint density at radius 3 is 2.38 bits per heavy atom. The highest BCUT2D eigenvalue weighted by atomic mass is 19.3. The van der Waals surface area contributed by atoms with Crippen molar-refractivity contribution in [2.24, 2.45) is 0 Å². The Hall–Kier alpha value is -1.20. The molecule has 0 radical (unpaired) electrons. The molecule has 0 bridgehead atoms. The van der Waals surface area contributed by atoms with Gasteiger partial charge in [-0.25, -0.2) is 8.78 Å². The van der Waals surface area contributed by atoms with Crippen LogP contribution < -0.4 is 10.6 Å². The van der Waals surface area contributed by atoms with Crippen LogP contribution in [0.5, 0.6) is 0 Å². The zero-order chi connectivity index (χ0) is 9.69. The maximum atomic E-state index is 12.5. The molecule has 13 heavy (non-hydrogen) atoms. The van der Waals surface area contributed by atoms with Crippen LogP contribution in [-0.2, 0) is 9.59 Å². The summed E-state index contributed by atoms with van der Waals surface area (Å²) in [4.78, 5) is 22.0. The highest BCUT2D eigenvalue weighted by Gasteiger charge is 2.62. The van der Waals surface area contributed by atoms with Crippen LogP contribution in [0.25, 0.3) is 0 Å². The molecule has 1 aliphatic carbocycles. The van der Waals surface area contributed by atoms with Crippen molar-refractivity contribution in [3.8, 4) is 0 Å². The molecule has 0 atom stereocenters. The van der Waals surface area contributed by atoms with Crippen molar-refractivity contribution in [2.45, 2.75) is 24.3 Å². The van der Waals surface area contributed by atoms with E-state index in [0.717, 1.165) is 0 Å². The van der Waals surface area contributed by atoms with E-state index in [1.807, 2.05) is 0 Å². The molecular formula is C7H8F2N2O2. The average molecular weight is 190 g/mol. The van der Waals surface area contributed by atoms with E-state index in [2.05, 4.69) is 10.6 Å². The van der Waals surface area contributed by atoms with Gasteiger partial charge in [-0.05, 0) is 0 Å². The number of hydrogen-bond donors (Lipinski definition) is 2. The predicted molar refractivity (Wildman–Crippen MR) is 38.1 cm³/mol. The second-order valence-corrected chi connectivity index (χ2v) is 3.52. The summed E-state index contributed by atoms with van der Waals surface area (Å²) in [6.45, 7) is -0.119. The molecule has 1 heterocycles. The molecule has 6 heteroatoms. The lowest BCUT2D eigenvalue weighted by Crippen LogP contribution is -2.73. The van der Waals surface area contributed by atoms with Crippen molar-refractivity contribution in [3.05, 3.63) is 0 Å². The molecule has 1 spiro atoms. The van der Waals surface area contributed by atoms with Gasteiger partial charge in [0, 0.05) is 12.8 Å². The van der Waals surface area contributed by atoms with Gasteiger partial charge in [-0.15, -0.1) is 0 Å². The van der Waals surface area contributed by atoms with Crippen molar-refractivity contribution >= 4 is 11.8 Å². The first-order valence-corrected chi connectivity index (χ1v) is 3.91. The average Bonchev–Trinajstić information content (AvgIpc) is 1.93. The predicted octanol–water partition coefficient (Wildman–Crippen LogP) is -0.600. The number of piperazine rings is 1. The largest absolute Gasteiger partial charge is 0.345 e. The van der Waals surface area contributed by atoms with Gasteiger partial charge in [-0.3, -0.25) is 9.59 Å². The van der Waals surface area contributed by atoms with Crippen molar-refractivity contribution in [3.63, 3.8) is 0 Å². The Morgan fingerprint density at radius 2 is 1.85 bits per heavy atom. The normalized spacial score (nSPS) is 29.1. The van der Waals surface area contributed by atoms with Gasteiger partial charge in [-0.2, -0.15) is 0 Å². The summed E-state index contributed by atoms with van der Waals surface area (Å²) in [5.41, 5.74) is -1.33. The Morgan fingerprint density at radius 1 is 1.23 bits per heavy atom. The quantitative estimate of drug-likeness (QED) is 0.536. The Bertz CT molecular complexity index is 282. The minimum atomic E-state index is -2.82. The number of alkyl halides is 2. The van der Waals surface area contributed by atoms with Gasteiger partial charge in [-0.1, -0.05) is 0 Å². The van der Waals surface area contributed by atoms with E-state index in [1.165, 1.54) is 0 Å². The number of rotatable bonds is 0. The third-order valence-corrected chi connectivity index (χ3v) is 2.34. The number of hydrogen-bond acceptors (Lipinski definition) is 2. The van der Waals surface area contributed by atoms with Gasteiger partial charge in [0.25, 0.3) is 5.92 Å². The van der Waals surface area contributed by atoms with Crippen LogP contribution in [-0.4, -0.2) is 29.8 Å². The molecule has 1 aliphatic heterocycles. The fourth-order valence-corrected chi connectivity index (χ4v) is 1.78. The minimum Gasteiger partial charge on any atom is -0.345 e. The second-order valence-electron chi connectivity index (χ2n) is 3.52. The topological polar surface area (TPSA) is 58.2 Å². The summed E-state index contributed by atoms with van der Waals surface area (Å²) in [6, 6.07) is 0. The number of amides is 2. The van der Waals surface area contributed by atoms with E-state index in [1.54, 1.807) is 0 Å². The Labute approximate surface area is 72.7 Å². The standard InChI is InChI=1S/C7H8F2N2O2/c8-7(9)2-6(3-7)5(13)10-1-4(12)11-6/h1-3H2,(H,10,13)(H,11,12). The fraction of sp³-hybridized carbons (Fsp3) is 0.714. The molecule has 2 aliphatic rings. The molecule has 2 fully saturated rings. The van der Waals surface area contributed by atoms with Crippen LogP contribution in [0.15, 0.2) is 0 Å². The van der Waals surface area contributed by atoms with Gasteiger partial charge in [0.15, 0.2) is 0 Å². The van der Waals surface area contributed by atoms with E-state index in [-0.39, 0.29) is 6.54 Å². The molecule has 2 rings (SSSR count). The van der Waals surface area contributed by atoms with Crippen molar-refractivity contribution in [1.82, 2.24) is 10.6 Å². The minimum absolute atomic E-state index is 0.119. The molecule has 72 valence electrons. The van der Waals surface area contributed by atoms with Crippen LogP contribution in [0.1, 0.15) is 12.8 Å². The number of halogens is 2. The summed E-state index contributed by atoms with van der Waals surface area (Å²) in [6.07, 6.45) is -1.17. The molecule has 0 unspecified atom stereocenters. The zero-order valence-electron chi connectivity index (χ0n) is 6.69. The van der Waals surface area contributed by atoms with E-state index in [4.69, 9.17) is 0 Å². The number of carbonyl (C=O) groups is 2. The molecule has 0 aromatic heterocycles. The third-order valence-electron chi connectivity index (χ3n) is 2.34. The van der Waals surface area contributed by atoms with Crippen LogP contribution in [0, 0.1) is 0 Å². The van der Waals surface area contributed by atoms with Gasteiger partial charge in [0.05, 0.1) is 6.54 Å². The smallest absolute Gasteiger partial charge is 0.253 e. The maximum Gasteiger partial charge on any atom is 0.253 e. The van der Waals surface area contributed by atoms with Crippen LogP contribution in [0.3, 0.4) is 0 Å². The highest BCUT2D eigenvalue weighted by molar-refractivity contribution is 5.98. The summed E-state index contributed by atoms with van der Waals surface area (Å²) in [7, 11) is 0. The van der Waals surface area contributed by atoms with E-state index >= 15 is 0 Å². The van der Waals surface area contributed by atoms with Gasteiger partial charge < -0.3 is 10.6 Å². The number of carbonyl (C=O) groups excluding carboxylic acids is 2. The fourth-order valence-electron chi connectivity index (χ4n) is 1.78. The summed E-state index contributed by atoms with van der Waals surface area (Å²) in [5, 5.41) is 4.58. The highest BCUT2D eigenvalue weighted by Crippen LogP contribution is 2.46. The summed E-state index contributed by atoms with van der Waals surface area (Å²) in [5.74, 6) is -3.73. The van der Waals surface area contributed by atoms with Crippen LogP contribution in [0.4, 0.5) is 8.78 Å². The first-order chi connectivity index (χ1) is 5.94. The van der Waals surface area contributed by atoms with Crippen LogP contribution >= 0.6 is 0 Å². The first kappa shape index (κ1) is 8.40. The van der Waals surface area contributed by atoms with Crippen LogP contribution in [0.2, 0.25) is 0 Å². The van der Waals surface area contributed by atoms with E-state index in [0.29, 0.717) is 0 Å². The summed E-state index contributed by atoms with van der Waals surface area (Å²) < 4.78 is 25.1. The lowest BCUT2D eigenvalue weighted by Gasteiger charge is -2.47. The molecule has 4 nitrogen and oxygen atoms in total. The Kier molecular flexibility index (Phi) is 1.41. The zero-order valence-corrected chi connectivity index (χ0v) is 6.69. The number of nitrogens with one attached hydrogen (secondary N) is 2. The lowest BCUT2D eigenvalue weighted by atomic mass is 9.72.